The summed E-state index contributed by atoms with van der Waals surface area (Å²) in [6.07, 6.45) is 3.62. The maximum atomic E-state index is 9.73. The van der Waals surface area contributed by atoms with E-state index < -0.39 is 0 Å². The molecule has 5 heteroatoms. The van der Waals surface area contributed by atoms with Gasteiger partial charge in [0.15, 0.2) is 0 Å². The Morgan fingerprint density at radius 3 is 2.52 bits per heavy atom. The first-order valence-corrected chi connectivity index (χ1v) is 6.57. The van der Waals surface area contributed by atoms with Crippen LogP contribution in [0, 0.1) is 0 Å². The van der Waals surface area contributed by atoms with Gasteiger partial charge in [-0.15, -0.1) is 0 Å². The van der Waals surface area contributed by atoms with Crippen LogP contribution in [-0.2, 0) is 6.54 Å². The summed E-state index contributed by atoms with van der Waals surface area (Å²) in [5.74, 6) is 0.135. The number of aromatic hydroxyl groups is 2. The minimum atomic E-state index is 0.0554. The summed E-state index contributed by atoms with van der Waals surface area (Å²) in [6.45, 7) is 0.479. The zero-order chi connectivity index (χ0) is 14.7. The third-order valence-electron chi connectivity index (χ3n) is 3.19. The van der Waals surface area contributed by atoms with Crippen LogP contribution in [-0.4, -0.2) is 20.0 Å². The van der Waals surface area contributed by atoms with Crippen LogP contribution >= 0.6 is 0 Å². The van der Waals surface area contributed by atoms with Gasteiger partial charge in [-0.05, 0) is 42.5 Å². The summed E-state index contributed by atoms with van der Waals surface area (Å²) < 4.78 is 1.79. The second kappa shape index (κ2) is 5.58. The highest BCUT2D eigenvalue weighted by Gasteiger charge is 2.02. The molecular formula is C16H15N3O2. The molecule has 3 N–H and O–H groups in total. The highest BCUT2D eigenvalue weighted by atomic mass is 16.3. The number of phenolic OH excluding ortho intramolecular Hbond substituents is 2. The Balaban J connectivity index is 1.68. The first-order chi connectivity index (χ1) is 10.2. The fourth-order valence-corrected chi connectivity index (χ4v) is 2.05. The smallest absolute Gasteiger partial charge is 0.124 e. The lowest BCUT2D eigenvalue weighted by Gasteiger charge is -2.09. The number of nitrogens with one attached hydrogen (secondary N) is 1. The molecule has 0 aliphatic heterocycles. The Morgan fingerprint density at radius 1 is 1.05 bits per heavy atom. The van der Waals surface area contributed by atoms with Gasteiger partial charge in [-0.2, -0.15) is 5.10 Å². The molecule has 21 heavy (non-hydrogen) atoms. The van der Waals surface area contributed by atoms with Crippen LogP contribution in [0.25, 0.3) is 5.69 Å². The molecule has 0 bridgehead atoms. The van der Waals surface area contributed by atoms with E-state index >= 15 is 0 Å². The molecule has 0 fully saturated rings. The number of rotatable bonds is 4. The molecule has 0 aliphatic carbocycles. The number of hydrogen-bond acceptors (Lipinski definition) is 4. The number of benzene rings is 2. The first kappa shape index (κ1) is 13.1. The van der Waals surface area contributed by atoms with Gasteiger partial charge >= 0.3 is 0 Å². The van der Waals surface area contributed by atoms with Crippen molar-refractivity contribution in [2.24, 2.45) is 0 Å². The molecule has 3 rings (SSSR count). The molecule has 0 radical (unpaired) electrons. The molecule has 0 spiro atoms. The van der Waals surface area contributed by atoms with Crippen LogP contribution < -0.4 is 5.32 Å². The van der Waals surface area contributed by atoms with Gasteiger partial charge in [-0.1, -0.05) is 0 Å². The topological polar surface area (TPSA) is 70.3 Å². The lowest BCUT2D eigenvalue weighted by Crippen LogP contribution is -2.00. The molecule has 1 heterocycles. The minimum Gasteiger partial charge on any atom is -0.508 e. The van der Waals surface area contributed by atoms with Crippen molar-refractivity contribution in [2.45, 2.75) is 6.54 Å². The van der Waals surface area contributed by atoms with E-state index in [1.165, 1.54) is 6.07 Å². The van der Waals surface area contributed by atoms with Crippen LogP contribution in [0.4, 0.5) is 5.69 Å². The Bertz CT molecular complexity index is 722. The molecule has 0 atom stereocenters. The van der Waals surface area contributed by atoms with Crippen molar-refractivity contribution in [3.8, 4) is 17.2 Å². The van der Waals surface area contributed by atoms with E-state index in [1.54, 1.807) is 23.0 Å². The average molecular weight is 281 g/mol. The second-order valence-corrected chi connectivity index (χ2v) is 4.66. The molecule has 0 saturated heterocycles. The summed E-state index contributed by atoms with van der Waals surface area (Å²) in [4.78, 5) is 0. The maximum absolute atomic E-state index is 9.73. The third kappa shape index (κ3) is 2.97. The standard InChI is InChI=1S/C16H15N3O2/c20-15-7-2-12(16(21)10-15)11-17-13-3-5-14(6-4-13)19-9-1-8-18-19/h1-10,17,20-21H,11H2. The van der Waals surface area contributed by atoms with Gasteiger partial charge < -0.3 is 15.5 Å². The van der Waals surface area contributed by atoms with Gasteiger partial charge in [-0.3, -0.25) is 0 Å². The van der Waals surface area contributed by atoms with E-state index in [9.17, 15) is 10.2 Å². The number of hydrogen-bond donors (Lipinski definition) is 3. The number of nitrogens with zero attached hydrogens (tertiary/aromatic N) is 2. The molecule has 5 nitrogen and oxygen atoms in total. The van der Waals surface area contributed by atoms with Crippen molar-refractivity contribution in [3.63, 3.8) is 0 Å². The SMILES string of the molecule is Oc1ccc(CNc2ccc(-n3cccn3)cc2)c(O)c1. The number of anilines is 1. The van der Waals surface area contributed by atoms with E-state index in [2.05, 4.69) is 10.4 Å². The van der Waals surface area contributed by atoms with E-state index in [1.807, 2.05) is 36.5 Å². The minimum absolute atomic E-state index is 0.0554. The van der Waals surface area contributed by atoms with Crippen LogP contribution in [0.3, 0.4) is 0 Å². The summed E-state index contributed by atoms with van der Waals surface area (Å²) >= 11 is 0. The van der Waals surface area contributed by atoms with Crippen molar-refractivity contribution >= 4 is 5.69 Å². The fraction of sp³-hybridized carbons (Fsp3) is 0.0625. The number of phenols is 2. The van der Waals surface area contributed by atoms with Gasteiger partial charge in [0.05, 0.1) is 5.69 Å². The van der Waals surface area contributed by atoms with E-state index in [0.717, 1.165) is 16.9 Å². The Kier molecular flexibility index (Phi) is 3.47. The summed E-state index contributed by atoms with van der Waals surface area (Å²) in [5, 5.41) is 26.4. The van der Waals surface area contributed by atoms with Crippen LogP contribution in [0.1, 0.15) is 5.56 Å². The maximum Gasteiger partial charge on any atom is 0.124 e. The van der Waals surface area contributed by atoms with E-state index in [-0.39, 0.29) is 11.5 Å². The molecule has 3 aromatic rings. The zero-order valence-corrected chi connectivity index (χ0v) is 11.3. The van der Waals surface area contributed by atoms with Crippen LogP contribution in [0.2, 0.25) is 0 Å². The molecule has 106 valence electrons. The van der Waals surface area contributed by atoms with Gasteiger partial charge in [-0.25, -0.2) is 4.68 Å². The Morgan fingerprint density at radius 2 is 1.86 bits per heavy atom. The highest BCUT2D eigenvalue weighted by Crippen LogP contribution is 2.23. The van der Waals surface area contributed by atoms with Gasteiger partial charge in [0.1, 0.15) is 11.5 Å². The lowest BCUT2D eigenvalue weighted by atomic mass is 10.2. The zero-order valence-electron chi connectivity index (χ0n) is 11.3. The van der Waals surface area contributed by atoms with E-state index in [4.69, 9.17) is 0 Å². The highest BCUT2D eigenvalue weighted by molar-refractivity contribution is 5.50. The van der Waals surface area contributed by atoms with Crippen molar-refractivity contribution in [1.82, 2.24) is 9.78 Å². The van der Waals surface area contributed by atoms with Crippen molar-refractivity contribution in [2.75, 3.05) is 5.32 Å². The largest absolute Gasteiger partial charge is 0.508 e. The van der Waals surface area contributed by atoms with Gasteiger partial charge in [0, 0.05) is 36.3 Å². The summed E-state index contributed by atoms with van der Waals surface area (Å²) in [6, 6.07) is 14.3. The molecule has 2 aromatic carbocycles. The summed E-state index contributed by atoms with van der Waals surface area (Å²) in [7, 11) is 0. The van der Waals surface area contributed by atoms with Crippen molar-refractivity contribution in [3.05, 3.63) is 66.5 Å². The molecule has 0 aliphatic rings. The van der Waals surface area contributed by atoms with Crippen LogP contribution in [0.15, 0.2) is 60.9 Å². The summed E-state index contributed by atoms with van der Waals surface area (Å²) in [5.41, 5.74) is 2.65. The monoisotopic (exact) mass is 281 g/mol. The normalized spacial score (nSPS) is 10.5. The van der Waals surface area contributed by atoms with Gasteiger partial charge in [0.25, 0.3) is 0 Å². The molecule has 0 amide bonds. The fourth-order valence-electron chi connectivity index (χ4n) is 2.05. The first-order valence-electron chi connectivity index (χ1n) is 6.57. The second-order valence-electron chi connectivity index (χ2n) is 4.66. The van der Waals surface area contributed by atoms with Crippen molar-refractivity contribution in [1.29, 1.82) is 0 Å². The molecule has 0 unspecified atom stereocenters. The third-order valence-corrected chi connectivity index (χ3v) is 3.19. The van der Waals surface area contributed by atoms with Gasteiger partial charge in [0.2, 0.25) is 0 Å². The lowest BCUT2D eigenvalue weighted by molar-refractivity contribution is 0.446. The van der Waals surface area contributed by atoms with E-state index in [0.29, 0.717) is 6.54 Å². The van der Waals surface area contributed by atoms with Crippen LogP contribution in [0.5, 0.6) is 11.5 Å². The quantitative estimate of drug-likeness (QED) is 0.687. The number of aromatic nitrogens is 2. The Hall–Kier alpha value is -2.95. The predicted molar refractivity (Wildman–Crippen MR) is 80.7 cm³/mol. The predicted octanol–water partition coefficient (Wildman–Crippen LogP) is 2.90. The molecule has 0 saturated carbocycles. The molecular weight excluding hydrogens is 266 g/mol. The Labute approximate surface area is 122 Å². The average Bonchev–Trinajstić information content (AvgIpc) is 3.01. The van der Waals surface area contributed by atoms with Crippen molar-refractivity contribution < 1.29 is 10.2 Å². The molecule has 1 aromatic heterocycles.